The van der Waals surface area contributed by atoms with Crippen molar-refractivity contribution in [2.45, 2.75) is 58.7 Å². The number of nitrogens with zero attached hydrogens (tertiary/aromatic N) is 2. The second kappa shape index (κ2) is 6.79. The maximum atomic E-state index is 13.3. The Bertz CT molecular complexity index is 785. The van der Waals surface area contributed by atoms with E-state index >= 15 is 0 Å². The summed E-state index contributed by atoms with van der Waals surface area (Å²) in [5.74, 6) is -0.227. The molecule has 1 N–H and O–H groups in total. The van der Waals surface area contributed by atoms with Gasteiger partial charge in [-0.1, -0.05) is 44.2 Å². The van der Waals surface area contributed by atoms with Crippen molar-refractivity contribution >= 4 is 18.0 Å². The van der Waals surface area contributed by atoms with Crippen LogP contribution in [0.1, 0.15) is 46.6 Å². The summed E-state index contributed by atoms with van der Waals surface area (Å²) in [7, 11) is 0. The third-order valence-corrected chi connectivity index (χ3v) is 5.51. The number of imide groups is 1. The van der Waals surface area contributed by atoms with Gasteiger partial charge < -0.3 is 15.0 Å². The molecule has 28 heavy (non-hydrogen) atoms. The van der Waals surface area contributed by atoms with E-state index in [1.54, 1.807) is 4.90 Å². The van der Waals surface area contributed by atoms with E-state index in [0.29, 0.717) is 19.5 Å². The molecule has 0 bridgehead atoms. The van der Waals surface area contributed by atoms with Crippen LogP contribution in [0.2, 0.25) is 0 Å². The summed E-state index contributed by atoms with van der Waals surface area (Å²) in [5, 5.41) is 2.95. The molecule has 152 valence electrons. The van der Waals surface area contributed by atoms with Crippen molar-refractivity contribution in [3.63, 3.8) is 0 Å². The number of hydrogen-bond donors (Lipinski definition) is 1. The van der Waals surface area contributed by atoms with E-state index in [4.69, 9.17) is 4.74 Å². The Morgan fingerprint density at radius 1 is 1.18 bits per heavy atom. The van der Waals surface area contributed by atoms with Crippen molar-refractivity contribution in [1.29, 1.82) is 0 Å². The fourth-order valence-corrected chi connectivity index (χ4v) is 3.98. The Labute approximate surface area is 166 Å². The van der Waals surface area contributed by atoms with Crippen molar-refractivity contribution in [2.24, 2.45) is 5.41 Å². The van der Waals surface area contributed by atoms with Crippen LogP contribution >= 0.6 is 0 Å². The molecule has 3 rings (SSSR count). The first kappa shape index (κ1) is 20.2. The van der Waals surface area contributed by atoms with Crippen molar-refractivity contribution in [3.8, 4) is 0 Å². The Morgan fingerprint density at radius 3 is 2.39 bits per heavy atom. The quantitative estimate of drug-likeness (QED) is 0.791. The first-order valence-electron chi connectivity index (χ1n) is 9.61. The molecule has 7 nitrogen and oxygen atoms in total. The summed E-state index contributed by atoms with van der Waals surface area (Å²) >= 11 is 0. The highest BCUT2D eigenvalue weighted by molar-refractivity contribution is 6.07. The zero-order chi connectivity index (χ0) is 20.7. The lowest BCUT2D eigenvalue weighted by atomic mass is 9.67. The molecule has 0 saturated carbocycles. The van der Waals surface area contributed by atoms with Crippen LogP contribution in [0.3, 0.4) is 0 Å². The first-order chi connectivity index (χ1) is 13.0. The fraction of sp³-hybridized carbons (Fsp3) is 0.571. The molecule has 2 aliphatic rings. The van der Waals surface area contributed by atoms with Gasteiger partial charge in [0, 0.05) is 18.5 Å². The number of likely N-dealkylation sites (tertiary alicyclic amines) is 1. The second-order valence-electron chi connectivity index (χ2n) is 9.25. The van der Waals surface area contributed by atoms with E-state index in [1.807, 2.05) is 65.0 Å². The molecule has 7 heteroatoms. The van der Waals surface area contributed by atoms with Crippen molar-refractivity contribution in [1.82, 2.24) is 15.1 Å². The monoisotopic (exact) mass is 387 g/mol. The van der Waals surface area contributed by atoms with Gasteiger partial charge in [0.25, 0.3) is 5.91 Å². The van der Waals surface area contributed by atoms with Gasteiger partial charge in [0.05, 0.1) is 6.54 Å². The Hall–Kier alpha value is -2.57. The maximum Gasteiger partial charge on any atom is 0.410 e. The molecule has 1 aromatic carbocycles. The molecule has 1 unspecified atom stereocenters. The summed E-state index contributed by atoms with van der Waals surface area (Å²) in [6.07, 6.45) is -0.0388. The van der Waals surface area contributed by atoms with Crippen molar-refractivity contribution in [2.75, 3.05) is 13.1 Å². The smallest absolute Gasteiger partial charge is 0.410 e. The predicted octanol–water partition coefficient (Wildman–Crippen LogP) is 3.14. The van der Waals surface area contributed by atoms with E-state index in [9.17, 15) is 14.4 Å². The van der Waals surface area contributed by atoms with Gasteiger partial charge in [0.15, 0.2) is 0 Å². The number of rotatable bonds is 2. The largest absolute Gasteiger partial charge is 0.444 e. The van der Waals surface area contributed by atoms with Crippen LogP contribution in [0.15, 0.2) is 30.3 Å². The number of urea groups is 1. The van der Waals surface area contributed by atoms with Gasteiger partial charge in [-0.2, -0.15) is 0 Å². The third kappa shape index (κ3) is 3.57. The highest BCUT2D eigenvalue weighted by atomic mass is 16.6. The molecule has 2 aliphatic heterocycles. The number of benzene rings is 1. The van der Waals surface area contributed by atoms with Crippen LogP contribution in [0.4, 0.5) is 9.59 Å². The molecule has 2 saturated heterocycles. The topological polar surface area (TPSA) is 79.0 Å². The Morgan fingerprint density at radius 2 is 1.82 bits per heavy atom. The zero-order valence-corrected chi connectivity index (χ0v) is 17.2. The van der Waals surface area contributed by atoms with Crippen molar-refractivity contribution in [3.05, 3.63) is 35.9 Å². The molecule has 4 amide bonds. The number of piperidine rings is 1. The molecule has 1 atom stereocenters. The lowest BCUT2D eigenvalue weighted by molar-refractivity contribution is -0.139. The summed E-state index contributed by atoms with van der Waals surface area (Å²) in [6, 6.07) is 9.06. The first-order valence-corrected chi connectivity index (χ1v) is 9.61. The van der Waals surface area contributed by atoms with E-state index < -0.39 is 22.6 Å². The highest BCUT2D eigenvalue weighted by Gasteiger charge is 2.61. The number of carbonyl (C=O) groups is 3. The van der Waals surface area contributed by atoms with Gasteiger partial charge in [-0.15, -0.1) is 0 Å². The third-order valence-electron chi connectivity index (χ3n) is 5.51. The van der Waals surface area contributed by atoms with Crippen molar-refractivity contribution < 1.29 is 19.1 Å². The SMILES string of the molecule is CC(C)(C)OC(=O)N1CCC2(NC(=O)N(Cc3ccccc3)C2=O)C(C)(C)C1. The summed E-state index contributed by atoms with van der Waals surface area (Å²) in [4.78, 5) is 41.3. The minimum absolute atomic E-state index is 0.227. The molecular formula is C21H29N3O4. The molecule has 1 aromatic rings. The highest BCUT2D eigenvalue weighted by Crippen LogP contribution is 2.43. The predicted molar refractivity (Wildman–Crippen MR) is 104 cm³/mol. The van der Waals surface area contributed by atoms with Crippen LogP contribution in [-0.4, -0.2) is 52.1 Å². The van der Waals surface area contributed by atoms with E-state index in [2.05, 4.69) is 5.32 Å². The van der Waals surface area contributed by atoms with E-state index in [0.717, 1.165) is 5.56 Å². The number of ether oxygens (including phenoxy) is 1. The molecule has 0 aliphatic carbocycles. The van der Waals surface area contributed by atoms with Gasteiger partial charge in [-0.25, -0.2) is 9.59 Å². The fourth-order valence-electron chi connectivity index (χ4n) is 3.98. The number of hydrogen-bond acceptors (Lipinski definition) is 4. The van der Waals surface area contributed by atoms with Crippen LogP contribution in [0.25, 0.3) is 0 Å². The number of amides is 4. The maximum absolute atomic E-state index is 13.3. The van der Waals surface area contributed by atoms with E-state index in [-0.39, 0.29) is 18.5 Å². The molecule has 0 aromatic heterocycles. The van der Waals surface area contributed by atoms with Crippen LogP contribution < -0.4 is 5.32 Å². The summed E-state index contributed by atoms with van der Waals surface area (Å²) in [6.45, 7) is 10.2. The second-order valence-corrected chi connectivity index (χ2v) is 9.25. The van der Waals surface area contributed by atoms with Gasteiger partial charge in [-0.3, -0.25) is 9.69 Å². The molecule has 0 radical (unpaired) electrons. The van der Waals surface area contributed by atoms with Gasteiger partial charge in [0.2, 0.25) is 0 Å². The average molecular weight is 387 g/mol. The minimum atomic E-state index is -1.02. The number of nitrogens with one attached hydrogen (secondary N) is 1. The molecule has 1 spiro atoms. The number of carbonyl (C=O) groups excluding carboxylic acids is 3. The van der Waals surface area contributed by atoms with Gasteiger partial charge in [0.1, 0.15) is 11.1 Å². The molecular weight excluding hydrogens is 358 g/mol. The standard InChI is InChI=1S/C21H29N3O4/c1-19(2,3)28-18(27)23-12-11-21(20(4,5)14-23)16(25)24(17(26)22-21)13-15-9-7-6-8-10-15/h6-10H,11-14H2,1-5H3,(H,22,26). The van der Waals surface area contributed by atoms with Crippen LogP contribution in [0.5, 0.6) is 0 Å². The lowest BCUT2D eigenvalue weighted by Gasteiger charge is -2.49. The lowest BCUT2D eigenvalue weighted by Crippen LogP contribution is -2.66. The Kier molecular flexibility index (Phi) is 4.89. The van der Waals surface area contributed by atoms with Crippen LogP contribution in [0, 0.1) is 5.41 Å². The van der Waals surface area contributed by atoms with E-state index in [1.165, 1.54) is 4.90 Å². The summed E-state index contributed by atoms with van der Waals surface area (Å²) < 4.78 is 5.47. The average Bonchev–Trinajstić information content (AvgIpc) is 2.82. The zero-order valence-electron chi connectivity index (χ0n) is 17.2. The normalized spacial score (nSPS) is 24.5. The minimum Gasteiger partial charge on any atom is -0.444 e. The Balaban J connectivity index is 1.78. The summed E-state index contributed by atoms with van der Waals surface area (Å²) in [5.41, 5.74) is -1.34. The van der Waals surface area contributed by atoms with Gasteiger partial charge in [-0.05, 0) is 32.8 Å². The van der Waals surface area contributed by atoms with Gasteiger partial charge >= 0.3 is 12.1 Å². The molecule has 2 fully saturated rings. The van der Waals surface area contributed by atoms with Crippen LogP contribution in [-0.2, 0) is 16.1 Å². The molecule has 2 heterocycles.